The minimum atomic E-state index is -0.0231. The predicted octanol–water partition coefficient (Wildman–Crippen LogP) is 3.78. The fourth-order valence-corrected chi connectivity index (χ4v) is 2.47. The van der Waals surface area contributed by atoms with E-state index in [2.05, 4.69) is 4.98 Å². The number of ether oxygens (including phenoxy) is 1. The summed E-state index contributed by atoms with van der Waals surface area (Å²) in [4.78, 5) is 16.9. The molecule has 0 N–H and O–H groups in total. The average molecular weight is 277 g/mol. The second-order valence-corrected chi connectivity index (χ2v) is 4.92. The fraction of sp³-hybridized carbons (Fsp3) is 0.111. The van der Waals surface area contributed by atoms with Gasteiger partial charge in [0.1, 0.15) is 5.75 Å². The minimum Gasteiger partial charge on any atom is -0.496 e. The summed E-state index contributed by atoms with van der Waals surface area (Å²) in [6.07, 6.45) is 3.40. The number of ketones is 1. The number of fused-ring (bicyclic) bond motifs is 1. The van der Waals surface area contributed by atoms with Crippen molar-refractivity contribution < 1.29 is 9.53 Å². The highest BCUT2D eigenvalue weighted by Gasteiger charge is 2.14. The van der Waals surface area contributed by atoms with Crippen LogP contribution in [0.4, 0.5) is 0 Å². The van der Waals surface area contributed by atoms with Crippen LogP contribution >= 0.6 is 0 Å². The lowest BCUT2D eigenvalue weighted by Gasteiger charge is -2.08. The van der Waals surface area contributed by atoms with Gasteiger partial charge < -0.3 is 4.74 Å². The molecule has 0 aliphatic carbocycles. The van der Waals surface area contributed by atoms with Crippen molar-refractivity contribution in [2.75, 3.05) is 7.11 Å². The van der Waals surface area contributed by atoms with Crippen LogP contribution in [0.2, 0.25) is 0 Å². The topological polar surface area (TPSA) is 39.2 Å². The van der Waals surface area contributed by atoms with Gasteiger partial charge in [0.2, 0.25) is 0 Å². The van der Waals surface area contributed by atoms with Crippen LogP contribution in [0, 0.1) is 6.92 Å². The Morgan fingerprint density at radius 2 is 1.90 bits per heavy atom. The van der Waals surface area contributed by atoms with E-state index in [0.29, 0.717) is 11.1 Å². The van der Waals surface area contributed by atoms with E-state index < -0.39 is 0 Å². The lowest BCUT2D eigenvalue weighted by Crippen LogP contribution is -2.03. The first-order valence-corrected chi connectivity index (χ1v) is 6.73. The zero-order valence-electron chi connectivity index (χ0n) is 12.0. The molecule has 0 spiro atoms. The Labute approximate surface area is 123 Å². The van der Waals surface area contributed by atoms with Crippen molar-refractivity contribution in [1.82, 2.24) is 4.98 Å². The third kappa shape index (κ3) is 2.38. The van der Waals surface area contributed by atoms with Crippen molar-refractivity contribution in [3.8, 4) is 5.75 Å². The summed E-state index contributed by atoms with van der Waals surface area (Å²) in [7, 11) is 1.62. The number of methoxy groups -OCH3 is 1. The summed E-state index contributed by atoms with van der Waals surface area (Å²) in [6, 6.07) is 13.2. The van der Waals surface area contributed by atoms with Crippen LogP contribution in [0.25, 0.3) is 10.8 Å². The zero-order valence-corrected chi connectivity index (χ0v) is 12.0. The fourth-order valence-electron chi connectivity index (χ4n) is 2.47. The molecule has 0 unspecified atom stereocenters. The maximum Gasteiger partial charge on any atom is 0.195 e. The maximum absolute atomic E-state index is 12.7. The number of aryl methyl sites for hydroxylation is 1. The Balaban J connectivity index is 2.10. The van der Waals surface area contributed by atoms with Gasteiger partial charge in [0.15, 0.2) is 5.78 Å². The predicted molar refractivity (Wildman–Crippen MR) is 82.9 cm³/mol. The van der Waals surface area contributed by atoms with Gasteiger partial charge in [0, 0.05) is 28.9 Å². The first kappa shape index (κ1) is 13.3. The normalized spacial score (nSPS) is 10.6. The lowest BCUT2D eigenvalue weighted by atomic mass is 9.98. The number of nitrogens with zero attached hydrogens (tertiary/aromatic N) is 1. The van der Waals surface area contributed by atoms with Gasteiger partial charge >= 0.3 is 0 Å². The molecule has 1 heterocycles. The number of benzene rings is 2. The molecule has 0 saturated heterocycles. The molecule has 0 atom stereocenters. The molecular formula is C18H15NO2. The number of carbonyl (C=O) groups excluding carboxylic acids is 1. The second kappa shape index (κ2) is 5.37. The van der Waals surface area contributed by atoms with Crippen LogP contribution in [-0.4, -0.2) is 17.9 Å². The van der Waals surface area contributed by atoms with Crippen molar-refractivity contribution in [1.29, 1.82) is 0 Å². The molecule has 3 nitrogen and oxygen atoms in total. The van der Waals surface area contributed by atoms with Crippen molar-refractivity contribution in [3.63, 3.8) is 0 Å². The number of hydrogen-bond donors (Lipinski definition) is 0. The summed E-state index contributed by atoms with van der Waals surface area (Å²) in [6.45, 7) is 1.93. The highest BCUT2D eigenvalue weighted by atomic mass is 16.5. The molecule has 0 amide bonds. The average Bonchev–Trinajstić information content (AvgIpc) is 2.53. The second-order valence-electron chi connectivity index (χ2n) is 4.92. The first-order valence-electron chi connectivity index (χ1n) is 6.73. The van der Waals surface area contributed by atoms with Crippen molar-refractivity contribution in [2.45, 2.75) is 6.92 Å². The van der Waals surface area contributed by atoms with Crippen LogP contribution in [0.3, 0.4) is 0 Å². The smallest absolute Gasteiger partial charge is 0.195 e. The van der Waals surface area contributed by atoms with E-state index in [9.17, 15) is 4.79 Å². The molecule has 1 aromatic heterocycles. The van der Waals surface area contributed by atoms with E-state index in [-0.39, 0.29) is 5.78 Å². The van der Waals surface area contributed by atoms with E-state index in [4.69, 9.17) is 4.74 Å². The third-order valence-electron chi connectivity index (χ3n) is 3.57. The summed E-state index contributed by atoms with van der Waals surface area (Å²) in [5.74, 6) is 0.757. The van der Waals surface area contributed by atoms with Gasteiger partial charge in [-0.2, -0.15) is 0 Å². The van der Waals surface area contributed by atoms with Gasteiger partial charge in [-0.3, -0.25) is 9.78 Å². The number of aromatic nitrogens is 1. The quantitative estimate of drug-likeness (QED) is 0.684. The number of hydrogen-bond acceptors (Lipinski definition) is 3. The molecule has 2 aromatic carbocycles. The minimum absolute atomic E-state index is 0.0231. The highest BCUT2D eigenvalue weighted by Crippen LogP contribution is 2.23. The molecule has 3 rings (SSSR count). The van der Waals surface area contributed by atoms with Gasteiger partial charge in [-0.1, -0.05) is 24.3 Å². The molecule has 0 fully saturated rings. The Bertz CT molecular complexity index is 819. The molecule has 3 heteroatoms. The Morgan fingerprint density at radius 3 is 2.67 bits per heavy atom. The van der Waals surface area contributed by atoms with Gasteiger partial charge in [-0.15, -0.1) is 0 Å². The van der Waals surface area contributed by atoms with Crippen molar-refractivity contribution in [2.24, 2.45) is 0 Å². The van der Waals surface area contributed by atoms with Crippen molar-refractivity contribution >= 4 is 16.6 Å². The molecule has 104 valence electrons. The molecule has 21 heavy (non-hydrogen) atoms. The van der Waals surface area contributed by atoms with Gasteiger partial charge in [-0.25, -0.2) is 0 Å². The number of pyridine rings is 1. The molecule has 0 bridgehead atoms. The first-order chi connectivity index (χ1) is 10.2. The molecule has 0 aliphatic rings. The highest BCUT2D eigenvalue weighted by molar-refractivity contribution is 6.16. The summed E-state index contributed by atoms with van der Waals surface area (Å²) in [5.41, 5.74) is 2.21. The van der Waals surface area contributed by atoms with Gasteiger partial charge in [0.05, 0.1) is 7.11 Å². The Kier molecular flexibility index (Phi) is 3.40. The largest absolute Gasteiger partial charge is 0.496 e. The van der Waals surface area contributed by atoms with E-state index in [0.717, 1.165) is 22.1 Å². The van der Waals surface area contributed by atoms with Gasteiger partial charge in [-0.05, 0) is 36.1 Å². The molecular weight excluding hydrogens is 262 g/mol. The summed E-state index contributed by atoms with van der Waals surface area (Å²) in [5, 5.41) is 1.89. The van der Waals surface area contributed by atoms with Crippen LogP contribution < -0.4 is 4.74 Å². The zero-order chi connectivity index (χ0) is 14.8. The van der Waals surface area contributed by atoms with Crippen LogP contribution in [0.1, 0.15) is 21.5 Å². The standard InChI is InChI=1S/C18H15NO2/c1-12-9-13(7-8-17(12)21-2)18(20)16-11-19-10-14-5-3-4-6-15(14)16/h3-11H,1-2H3. The van der Waals surface area contributed by atoms with Crippen LogP contribution in [0.5, 0.6) is 5.75 Å². The van der Waals surface area contributed by atoms with Gasteiger partial charge in [0.25, 0.3) is 0 Å². The number of carbonyl (C=O) groups is 1. The van der Waals surface area contributed by atoms with Crippen molar-refractivity contribution in [3.05, 3.63) is 71.5 Å². The van der Waals surface area contributed by atoms with E-state index >= 15 is 0 Å². The monoisotopic (exact) mass is 277 g/mol. The molecule has 0 radical (unpaired) electrons. The van der Waals surface area contributed by atoms with E-state index in [1.54, 1.807) is 25.6 Å². The number of rotatable bonds is 3. The Morgan fingerprint density at radius 1 is 1.10 bits per heavy atom. The van der Waals surface area contributed by atoms with E-state index in [1.807, 2.05) is 43.3 Å². The lowest BCUT2D eigenvalue weighted by molar-refractivity contribution is 0.104. The molecule has 3 aromatic rings. The molecule has 0 aliphatic heterocycles. The van der Waals surface area contributed by atoms with E-state index in [1.165, 1.54) is 0 Å². The summed E-state index contributed by atoms with van der Waals surface area (Å²) >= 11 is 0. The van der Waals surface area contributed by atoms with Crippen LogP contribution in [0.15, 0.2) is 54.9 Å². The summed E-state index contributed by atoms with van der Waals surface area (Å²) < 4.78 is 5.23. The Hall–Kier alpha value is -2.68. The SMILES string of the molecule is COc1ccc(C(=O)c2cncc3ccccc23)cc1C. The maximum atomic E-state index is 12.7. The van der Waals surface area contributed by atoms with Crippen LogP contribution in [-0.2, 0) is 0 Å². The molecule has 0 saturated carbocycles. The third-order valence-corrected chi connectivity index (χ3v) is 3.57.